The van der Waals surface area contributed by atoms with Gasteiger partial charge in [-0.2, -0.15) is 0 Å². The predicted molar refractivity (Wildman–Crippen MR) is 195 cm³/mol. The fourth-order valence-electron chi connectivity index (χ4n) is 6.88. The smallest absolute Gasteiger partial charge is 0.414 e. The molecule has 0 radical (unpaired) electrons. The van der Waals surface area contributed by atoms with Gasteiger partial charge in [0.2, 0.25) is 0 Å². The van der Waals surface area contributed by atoms with Crippen LogP contribution in [-0.2, 0) is 15.8 Å². The summed E-state index contributed by atoms with van der Waals surface area (Å²) in [6.07, 6.45) is -0.365. The van der Waals surface area contributed by atoms with E-state index in [0.717, 1.165) is 33.3 Å². The van der Waals surface area contributed by atoms with E-state index in [-0.39, 0.29) is 17.0 Å². The van der Waals surface area contributed by atoms with Gasteiger partial charge >= 0.3 is 6.09 Å². The largest absolute Gasteiger partial charge is 0.488 e. The maximum absolute atomic E-state index is 13.8. The molecular formula is C41H45NO4Si. The second-order valence-corrected chi connectivity index (χ2v) is 18.7. The first kappa shape index (κ1) is 32.5. The van der Waals surface area contributed by atoms with Crippen molar-refractivity contribution in [2.45, 2.75) is 64.7 Å². The Balaban J connectivity index is 1.45. The molecule has 5 aromatic rings. The molecule has 1 aliphatic rings. The lowest BCUT2D eigenvalue weighted by Crippen LogP contribution is -2.66. The number of nitrogens with zero attached hydrogens (tertiary/aromatic N) is 1. The summed E-state index contributed by atoms with van der Waals surface area (Å²) in [5.74, 6) is 0.664. The molecule has 0 spiro atoms. The molecule has 1 unspecified atom stereocenters. The number of fused-ring (bicyclic) bond motifs is 3. The molecule has 1 amide bonds. The first-order valence-electron chi connectivity index (χ1n) is 16.5. The average molecular weight is 644 g/mol. The van der Waals surface area contributed by atoms with Crippen molar-refractivity contribution < 1.29 is 18.7 Å². The Morgan fingerprint density at radius 3 is 1.83 bits per heavy atom. The van der Waals surface area contributed by atoms with Gasteiger partial charge in [0.25, 0.3) is 8.32 Å². The number of hydrogen-bond donors (Lipinski definition) is 0. The highest BCUT2D eigenvalue weighted by Gasteiger charge is 2.51. The Kier molecular flexibility index (Phi) is 9.01. The number of carbonyl (C=O) groups excluding carboxylic acids is 1. The summed E-state index contributed by atoms with van der Waals surface area (Å²) in [6, 6.07) is 41.9. The van der Waals surface area contributed by atoms with Gasteiger partial charge < -0.3 is 13.9 Å². The van der Waals surface area contributed by atoms with E-state index in [4.69, 9.17) is 13.9 Å². The monoisotopic (exact) mass is 643 g/mol. The SMILES string of the molecule is CC(C)(C)OC(=O)N1CC(CO[Si](c2ccccc2)(c2ccccc2)C(C)(C)C)c2c1cc(OCc1ccccc1)c1ccccc21. The van der Waals surface area contributed by atoms with E-state index < -0.39 is 13.9 Å². The Bertz CT molecular complexity index is 1790. The van der Waals surface area contributed by atoms with Crippen LogP contribution < -0.4 is 20.0 Å². The molecule has 6 rings (SSSR count). The van der Waals surface area contributed by atoms with Crippen molar-refractivity contribution in [2.75, 3.05) is 18.1 Å². The Morgan fingerprint density at radius 2 is 1.28 bits per heavy atom. The molecule has 1 atom stereocenters. The van der Waals surface area contributed by atoms with Crippen LogP contribution >= 0.6 is 0 Å². The van der Waals surface area contributed by atoms with E-state index >= 15 is 0 Å². The van der Waals surface area contributed by atoms with Crippen LogP contribution in [-0.4, -0.2) is 33.2 Å². The molecule has 5 aromatic carbocycles. The molecule has 5 nitrogen and oxygen atoms in total. The van der Waals surface area contributed by atoms with Crippen molar-refractivity contribution in [1.82, 2.24) is 0 Å². The second kappa shape index (κ2) is 13.0. The maximum atomic E-state index is 13.8. The summed E-state index contributed by atoms with van der Waals surface area (Å²) in [4.78, 5) is 15.6. The van der Waals surface area contributed by atoms with Crippen LogP contribution in [0.4, 0.5) is 10.5 Å². The van der Waals surface area contributed by atoms with Gasteiger partial charge in [-0.1, -0.05) is 136 Å². The molecule has 6 heteroatoms. The Hall–Kier alpha value is -4.39. The van der Waals surface area contributed by atoms with Gasteiger partial charge in [0.15, 0.2) is 0 Å². The second-order valence-electron chi connectivity index (χ2n) is 14.4. The van der Waals surface area contributed by atoms with Crippen LogP contribution in [0, 0.1) is 0 Å². The zero-order valence-electron chi connectivity index (χ0n) is 28.3. The lowest BCUT2D eigenvalue weighted by atomic mass is 9.95. The Labute approximate surface area is 280 Å². The van der Waals surface area contributed by atoms with E-state index in [1.54, 1.807) is 4.90 Å². The third kappa shape index (κ3) is 6.58. The standard InChI is InChI=1S/C41H45NO4Si/c1-40(2,3)46-39(43)42-27-31(29-45-47(41(4,5)6,32-20-12-8-13-21-32)33-22-14-9-15-23-33)38-35-25-17-16-24-34(35)37(26-36(38)42)44-28-30-18-10-7-11-19-30/h7-26,31H,27-29H2,1-6H3. The van der Waals surface area contributed by atoms with Crippen LogP contribution in [0.25, 0.3) is 10.8 Å². The van der Waals surface area contributed by atoms with E-state index in [1.165, 1.54) is 10.4 Å². The lowest BCUT2D eigenvalue weighted by molar-refractivity contribution is 0.0581. The summed E-state index contributed by atoms with van der Waals surface area (Å²) < 4.78 is 19.9. The number of amides is 1. The number of hydrogen-bond acceptors (Lipinski definition) is 4. The number of rotatable bonds is 8. The fourth-order valence-corrected chi connectivity index (χ4v) is 11.5. The van der Waals surface area contributed by atoms with Crippen molar-refractivity contribution in [1.29, 1.82) is 0 Å². The van der Waals surface area contributed by atoms with Crippen molar-refractivity contribution in [3.63, 3.8) is 0 Å². The van der Waals surface area contributed by atoms with Gasteiger partial charge in [-0.15, -0.1) is 0 Å². The highest BCUT2D eigenvalue weighted by molar-refractivity contribution is 6.99. The van der Waals surface area contributed by atoms with Crippen LogP contribution in [0.5, 0.6) is 5.75 Å². The minimum absolute atomic E-state index is 0.0766. The zero-order chi connectivity index (χ0) is 33.2. The van der Waals surface area contributed by atoms with E-state index in [2.05, 4.69) is 112 Å². The van der Waals surface area contributed by atoms with Crippen LogP contribution in [0.3, 0.4) is 0 Å². The first-order valence-corrected chi connectivity index (χ1v) is 18.4. The van der Waals surface area contributed by atoms with Crippen molar-refractivity contribution >= 4 is 41.2 Å². The minimum Gasteiger partial charge on any atom is -0.488 e. The van der Waals surface area contributed by atoms with Gasteiger partial charge in [0.1, 0.15) is 18.0 Å². The topological polar surface area (TPSA) is 48.0 Å². The first-order chi connectivity index (χ1) is 22.5. The molecule has 0 saturated carbocycles. The van der Waals surface area contributed by atoms with Crippen LogP contribution in [0.15, 0.2) is 121 Å². The third-order valence-corrected chi connectivity index (χ3v) is 13.9. The summed E-state index contributed by atoms with van der Waals surface area (Å²) >= 11 is 0. The van der Waals surface area contributed by atoms with Gasteiger partial charge in [-0.3, -0.25) is 4.90 Å². The number of anilines is 1. The lowest BCUT2D eigenvalue weighted by Gasteiger charge is -2.43. The maximum Gasteiger partial charge on any atom is 0.414 e. The Morgan fingerprint density at radius 1 is 0.745 bits per heavy atom. The quantitative estimate of drug-likeness (QED) is 0.159. The van der Waals surface area contributed by atoms with Gasteiger partial charge in [-0.25, -0.2) is 4.79 Å². The summed E-state index contributed by atoms with van der Waals surface area (Å²) in [7, 11) is -2.81. The summed E-state index contributed by atoms with van der Waals surface area (Å²) in [5, 5.41) is 4.38. The van der Waals surface area contributed by atoms with E-state index in [0.29, 0.717) is 19.8 Å². The van der Waals surface area contributed by atoms with Crippen LogP contribution in [0.2, 0.25) is 5.04 Å². The van der Waals surface area contributed by atoms with Crippen molar-refractivity contribution in [3.05, 3.63) is 132 Å². The van der Waals surface area contributed by atoms with Gasteiger partial charge in [0.05, 0.1) is 5.69 Å². The fraction of sp³-hybridized carbons (Fsp3) is 0.293. The molecule has 0 fully saturated rings. The minimum atomic E-state index is -2.81. The predicted octanol–water partition coefficient (Wildman–Crippen LogP) is 8.83. The molecule has 0 aromatic heterocycles. The summed E-state index contributed by atoms with van der Waals surface area (Å²) in [5.41, 5.74) is 2.36. The van der Waals surface area contributed by atoms with E-state index in [9.17, 15) is 4.79 Å². The average Bonchev–Trinajstić information content (AvgIpc) is 3.43. The third-order valence-electron chi connectivity index (χ3n) is 8.90. The van der Waals surface area contributed by atoms with Gasteiger partial charge in [0, 0.05) is 30.5 Å². The number of carbonyl (C=O) groups is 1. The van der Waals surface area contributed by atoms with Gasteiger partial charge in [-0.05, 0) is 52.7 Å². The molecule has 242 valence electrons. The van der Waals surface area contributed by atoms with E-state index in [1.807, 2.05) is 51.1 Å². The van der Waals surface area contributed by atoms with Crippen molar-refractivity contribution in [2.24, 2.45) is 0 Å². The number of benzene rings is 5. The molecule has 0 bridgehead atoms. The molecule has 0 N–H and O–H groups in total. The normalized spacial score (nSPS) is 15.0. The highest BCUT2D eigenvalue weighted by Crippen LogP contribution is 2.47. The molecule has 1 heterocycles. The molecule has 1 aliphatic heterocycles. The molecule has 0 saturated heterocycles. The molecular weight excluding hydrogens is 599 g/mol. The summed E-state index contributed by atoms with van der Waals surface area (Å²) in [6.45, 7) is 13.9. The zero-order valence-corrected chi connectivity index (χ0v) is 29.3. The number of ether oxygens (including phenoxy) is 2. The highest BCUT2D eigenvalue weighted by atomic mass is 28.4. The molecule has 0 aliphatic carbocycles. The van der Waals surface area contributed by atoms with Crippen LogP contribution in [0.1, 0.15) is 58.6 Å². The molecule has 47 heavy (non-hydrogen) atoms. The van der Waals surface area contributed by atoms with Crippen molar-refractivity contribution in [3.8, 4) is 5.75 Å².